The van der Waals surface area contributed by atoms with E-state index in [1.54, 1.807) is 0 Å². The van der Waals surface area contributed by atoms with E-state index in [4.69, 9.17) is 8.37 Å². The fourth-order valence-electron chi connectivity index (χ4n) is 3.88. The predicted octanol–water partition coefficient (Wildman–Crippen LogP) is 1.13. The Morgan fingerprint density at radius 1 is 0.950 bits per heavy atom. The van der Waals surface area contributed by atoms with Crippen LogP contribution in [0.3, 0.4) is 0 Å². The average Bonchev–Trinajstić information content (AvgIpc) is 2.43. The highest BCUT2D eigenvalue weighted by atomic mass is 32.2. The normalized spacial score (nSPS) is 40.1. The van der Waals surface area contributed by atoms with E-state index < -0.39 is 37.9 Å². The first kappa shape index (κ1) is 16.2. The van der Waals surface area contributed by atoms with Gasteiger partial charge < -0.3 is 0 Å². The molecule has 0 aromatic carbocycles. The van der Waals surface area contributed by atoms with Crippen LogP contribution in [0.1, 0.15) is 33.6 Å². The van der Waals surface area contributed by atoms with Crippen LogP contribution in [0.15, 0.2) is 0 Å². The summed E-state index contributed by atoms with van der Waals surface area (Å²) in [5, 5.41) is 0. The van der Waals surface area contributed by atoms with Gasteiger partial charge >= 0.3 is 0 Å². The second-order valence-electron chi connectivity index (χ2n) is 6.81. The van der Waals surface area contributed by atoms with E-state index in [0.29, 0.717) is 12.8 Å². The van der Waals surface area contributed by atoms with Crippen molar-refractivity contribution in [3.05, 3.63) is 0 Å². The molecule has 0 aliphatic heterocycles. The van der Waals surface area contributed by atoms with Gasteiger partial charge in [-0.3, -0.25) is 8.37 Å². The van der Waals surface area contributed by atoms with Gasteiger partial charge in [-0.1, -0.05) is 20.8 Å². The van der Waals surface area contributed by atoms with Gasteiger partial charge in [-0.2, -0.15) is 16.8 Å². The van der Waals surface area contributed by atoms with Gasteiger partial charge in [-0.05, 0) is 24.2 Å². The SMILES string of the molecule is CC1(C)[C@H]2C[C@H](OS(C)(=O)=O)[C@@]1(C)C[C@@H]2OS(C)(=O)=O. The van der Waals surface area contributed by atoms with Crippen molar-refractivity contribution in [1.82, 2.24) is 0 Å². The molecule has 8 heteroatoms. The van der Waals surface area contributed by atoms with Gasteiger partial charge in [0.15, 0.2) is 0 Å². The summed E-state index contributed by atoms with van der Waals surface area (Å²) in [6.45, 7) is 6.00. The van der Waals surface area contributed by atoms with Gasteiger partial charge in [-0.15, -0.1) is 0 Å². The first-order valence-electron chi connectivity index (χ1n) is 6.53. The van der Waals surface area contributed by atoms with Crippen molar-refractivity contribution in [3.8, 4) is 0 Å². The number of hydrogen-bond acceptors (Lipinski definition) is 6. The lowest BCUT2D eigenvalue weighted by molar-refractivity contribution is 0.0198. The lowest BCUT2D eigenvalue weighted by Gasteiger charge is -2.38. The molecule has 2 saturated carbocycles. The van der Waals surface area contributed by atoms with Crippen LogP contribution < -0.4 is 0 Å². The topological polar surface area (TPSA) is 86.7 Å². The molecule has 4 atom stereocenters. The standard InChI is InChI=1S/C12H22O6S2/c1-11(2)8-6-10(18-20(5,15)16)12(11,3)7-9(8)17-19(4,13)14/h8-10H,6-7H2,1-5H3/t8-,9-,10-,12+/m0/s1. The molecule has 0 heterocycles. The third-order valence-corrected chi connectivity index (χ3v) is 6.42. The van der Waals surface area contributed by atoms with E-state index in [9.17, 15) is 16.8 Å². The highest BCUT2D eigenvalue weighted by molar-refractivity contribution is 7.86. The number of hydrogen-bond donors (Lipinski definition) is 0. The van der Waals surface area contributed by atoms with Crippen molar-refractivity contribution in [2.75, 3.05) is 12.5 Å². The van der Waals surface area contributed by atoms with Gasteiger partial charge in [0, 0.05) is 5.41 Å². The minimum Gasteiger partial charge on any atom is -0.267 e. The maximum absolute atomic E-state index is 11.4. The van der Waals surface area contributed by atoms with E-state index in [1.807, 2.05) is 20.8 Å². The van der Waals surface area contributed by atoms with E-state index in [0.717, 1.165) is 12.5 Å². The summed E-state index contributed by atoms with van der Waals surface area (Å²) in [5.74, 6) is -0.0334. The Balaban J connectivity index is 2.28. The Morgan fingerprint density at radius 3 is 1.80 bits per heavy atom. The molecule has 118 valence electrons. The fraction of sp³-hybridized carbons (Fsp3) is 1.00. The summed E-state index contributed by atoms with van der Waals surface area (Å²) < 4.78 is 55.8. The molecule has 0 amide bonds. The maximum Gasteiger partial charge on any atom is 0.264 e. The molecule has 0 radical (unpaired) electrons. The summed E-state index contributed by atoms with van der Waals surface area (Å²) in [6.07, 6.45) is 2.24. The first-order valence-corrected chi connectivity index (χ1v) is 10.2. The zero-order valence-electron chi connectivity index (χ0n) is 12.4. The summed E-state index contributed by atoms with van der Waals surface area (Å²) >= 11 is 0. The molecule has 0 N–H and O–H groups in total. The molecule has 0 spiro atoms. The minimum atomic E-state index is -3.53. The monoisotopic (exact) mass is 326 g/mol. The van der Waals surface area contributed by atoms with Gasteiger partial charge in [0.25, 0.3) is 20.2 Å². The summed E-state index contributed by atoms with van der Waals surface area (Å²) in [6, 6.07) is 0. The maximum atomic E-state index is 11.4. The molecule has 2 fully saturated rings. The van der Waals surface area contributed by atoms with Crippen molar-refractivity contribution in [1.29, 1.82) is 0 Å². The number of rotatable bonds is 4. The lowest BCUT2D eigenvalue weighted by Crippen LogP contribution is -2.39. The zero-order valence-corrected chi connectivity index (χ0v) is 14.0. The molecule has 0 unspecified atom stereocenters. The van der Waals surface area contributed by atoms with Crippen molar-refractivity contribution in [2.45, 2.75) is 45.8 Å². The second-order valence-corrected chi connectivity index (χ2v) is 10.0. The van der Waals surface area contributed by atoms with Gasteiger partial charge in [0.1, 0.15) is 0 Å². The predicted molar refractivity (Wildman–Crippen MR) is 74.0 cm³/mol. The third-order valence-electron chi connectivity index (χ3n) is 5.24. The Hall–Kier alpha value is -0.180. The fourth-order valence-corrected chi connectivity index (χ4v) is 5.24. The Morgan fingerprint density at radius 2 is 1.45 bits per heavy atom. The van der Waals surface area contributed by atoms with Crippen molar-refractivity contribution in [2.24, 2.45) is 16.7 Å². The van der Waals surface area contributed by atoms with Crippen LogP contribution in [0, 0.1) is 16.7 Å². The van der Waals surface area contributed by atoms with E-state index in [2.05, 4.69) is 0 Å². The molecular weight excluding hydrogens is 304 g/mol. The van der Waals surface area contributed by atoms with Crippen LogP contribution >= 0.6 is 0 Å². The Labute approximate surface area is 121 Å². The molecule has 2 rings (SSSR count). The highest BCUT2D eigenvalue weighted by Gasteiger charge is 2.67. The summed E-state index contributed by atoms with van der Waals surface area (Å²) in [7, 11) is -7.05. The third kappa shape index (κ3) is 2.63. The molecular formula is C12H22O6S2. The van der Waals surface area contributed by atoms with Crippen LogP contribution in [0.4, 0.5) is 0 Å². The molecule has 2 aliphatic carbocycles. The van der Waals surface area contributed by atoms with E-state index in [1.165, 1.54) is 0 Å². The smallest absolute Gasteiger partial charge is 0.264 e. The molecule has 0 aromatic heterocycles. The quantitative estimate of drug-likeness (QED) is 0.720. The van der Waals surface area contributed by atoms with Crippen LogP contribution in [0.5, 0.6) is 0 Å². The van der Waals surface area contributed by atoms with Crippen molar-refractivity contribution < 1.29 is 25.2 Å². The van der Waals surface area contributed by atoms with Crippen molar-refractivity contribution in [3.63, 3.8) is 0 Å². The molecule has 2 aliphatic rings. The minimum absolute atomic E-state index is 0.0334. The lowest BCUT2D eigenvalue weighted by atomic mass is 9.70. The van der Waals surface area contributed by atoms with Gasteiger partial charge in [0.2, 0.25) is 0 Å². The van der Waals surface area contributed by atoms with Crippen molar-refractivity contribution >= 4 is 20.2 Å². The Bertz CT molecular complexity index is 606. The molecule has 2 bridgehead atoms. The molecule has 20 heavy (non-hydrogen) atoms. The van der Waals surface area contributed by atoms with E-state index in [-0.39, 0.29) is 11.3 Å². The molecule has 0 aromatic rings. The second kappa shape index (κ2) is 4.41. The van der Waals surface area contributed by atoms with Crippen LogP contribution in [-0.4, -0.2) is 41.6 Å². The highest BCUT2D eigenvalue weighted by Crippen LogP contribution is 2.67. The molecule has 0 saturated heterocycles. The van der Waals surface area contributed by atoms with Crippen LogP contribution in [-0.2, 0) is 28.6 Å². The largest absolute Gasteiger partial charge is 0.267 e. The summed E-state index contributed by atoms with van der Waals surface area (Å²) in [4.78, 5) is 0. The Kier molecular flexibility index (Phi) is 3.57. The number of fused-ring (bicyclic) bond motifs is 2. The van der Waals surface area contributed by atoms with E-state index >= 15 is 0 Å². The first-order chi connectivity index (χ1) is 8.76. The van der Waals surface area contributed by atoms with Crippen LogP contribution in [0.2, 0.25) is 0 Å². The molecule has 6 nitrogen and oxygen atoms in total. The zero-order chi connectivity index (χ0) is 15.6. The average molecular weight is 326 g/mol. The van der Waals surface area contributed by atoms with Crippen LogP contribution in [0.25, 0.3) is 0 Å². The summed E-state index contributed by atoms with van der Waals surface area (Å²) in [5.41, 5.74) is -0.659. The van der Waals surface area contributed by atoms with Gasteiger partial charge in [-0.25, -0.2) is 0 Å². The van der Waals surface area contributed by atoms with Gasteiger partial charge in [0.05, 0.1) is 24.7 Å².